The molecule has 8 nitrogen and oxygen atoms in total. The molecule has 0 aliphatic carbocycles. The van der Waals surface area contributed by atoms with Crippen LogP contribution in [0.1, 0.15) is 18.3 Å². The number of hydrazine groups is 1. The Kier molecular flexibility index (Phi) is 3.79. The molecule has 1 aromatic rings. The number of carbonyl (C=O) groups excluding carboxylic acids is 1. The Morgan fingerprint density at radius 2 is 2.24 bits per heavy atom. The average Bonchev–Trinajstić information content (AvgIpc) is 2.52. The van der Waals surface area contributed by atoms with Crippen molar-refractivity contribution in [3.05, 3.63) is 21.5 Å². The van der Waals surface area contributed by atoms with E-state index >= 15 is 0 Å². The summed E-state index contributed by atoms with van der Waals surface area (Å²) >= 11 is 0. The van der Waals surface area contributed by atoms with E-state index in [1.807, 2.05) is 5.43 Å². The molecule has 8 heteroatoms. The monoisotopic (exact) mass is 241 g/mol. The van der Waals surface area contributed by atoms with Gasteiger partial charge in [0.1, 0.15) is 11.4 Å². The van der Waals surface area contributed by atoms with E-state index < -0.39 is 10.8 Å². The zero-order valence-electron chi connectivity index (χ0n) is 9.93. The second kappa shape index (κ2) is 4.91. The third-order valence-corrected chi connectivity index (χ3v) is 2.56. The van der Waals surface area contributed by atoms with Crippen LogP contribution in [0.3, 0.4) is 0 Å². The maximum Gasteiger partial charge on any atom is 0.312 e. The summed E-state index contributed by atoms with van der Waals surface area (Å²) in [5.41, 5.74) is 2.80. The molecule has 0 aromatic carbocycles. The molecule has 0 bridgehead atoms. The molecule has 0 saturated heterocycles. The highest BCUT2D eigenvalue weighted by molar-refractivity contribution is 5.77. The Labute approximate surface area is 97.9 Å². The van der Waals surface area contributed by atoms with Crippen molar-refractivity contribution in [3.8, 4) is 0 Å². The maximum absolute atomic E-state index is 11.2. The fourth-order valence-corrected chi connectivity index (χ4v) is 1.61. The Morgan fingerprint density at radius 1 is 1.65 bits per heavy atom. The van der Waals surface area contributed by atoms with E-state index in [-0.39, 0.29) is 18.1 Å². The SMILES string of the molecule is Cc1nn(CC(C)C(=O)NN)c(C)c1[N+](=O)[O-]. The van der Waals surface area contributed by atoms with Crippen LogP contribution < -0.4 is 11.3 Å². The van der Waals surface area contributed by atoms with E-state index in [4.69, 9.17) is 5.84 Å². The summed E-state index contributed by atoms with van der Waals surface area (Å²) in [6, 6.07) is 0. The van der Waals surface area contributed by atoms with E-state index in [2.05, 4.69) is 5.10 Å². The fourth-order valence-electron chi connectivity index (χ4n) is 1.61. The zero-order chi connectivity index (χ0) is 13.2. The molecule has 1 atom stereocenters. The highest BCUT2D eigenvalue weighted by Crippen LogP contribution is 2.22. The topological polar surface area (TPSA) is 116 Å². The standard InChI is InChI=1S/C9H15N5O3/c1-5(9(15)11-10)4-13-7(3)8(14(16)17)6(2)12-13/h5H,4,10H2,1-3H3,(H,11,15). The van der Waals surface area contributed by atoms with Crippen LogP contribution in [0.25, 0.3) is 0 Å². The Hall–Kier alpha value is -1.96. The average molecular weight is 241 g/mol. The van der Waals surface area contributed by atoms with Gasteiger partial charge in [-0.1, -0.05) is 6.92 Å². The Morgan fingerprint density at radius 3 is 2.65 bits per heavy atom. The molecule has 0 aliphatic heterocycles. The minimum atomic E-state index is -0.470. The van der Waals surface area contributed by atoms with Gasteiger partial charge >= 0.3 is 5.69 Å². The van der Waals surface area contributed by atoms with E-state index in [9.17, 15) is 14.9 Å². The van der Waals surface area contributed by atoms with Crippen LogP contribution in [0.4, 0.5) is 5.69 Å². The van der Waals surface area contributed by atoms with Crippen LogP contribution in [0.15, 0.2) is 0 Å². The Balaban J connectivity index is 2.97. The van der Waals surface area contributed by atoms with Gasteiger partial charge in [0.05, 0.1) is 17.4 Å². The first-order valence-corrected chi connectivity index (χ1v) is 5.07. The molecule has 0 radical (unpaired) electrons. The lowest BCUT2D eigenvalue weighted by Crippen LogP contribution is -2.36. The van der Waals surface area contributed by atoms with E-state index in [0.29, 0.717) is 11.4 Å². The second-order valence-corrected chi connectivity index (χ2v) is 3.87. The lowest BCUT2D eigenvalue weighted by Gasteiger charge is -2.10. The lowest BCUT2D eigenvalue weighted by molar-refractivity contribution is -0.386. The number of amides is 1. The number of hydrogen-bond donors (Lipinski definition) is 2. The summed E-state index contributed by atoms with van der Waals surface area (Å²) in [6.07, 6.45) is 0. The number of nitro groups is 1. The van der Waals surface area contributed by atoms with Crippen molar-refractivity contribution in [2.24, 2.45) is 11.8 Å². The van der Waals surface area contributed by atoms with Gasteiger partial charge in [0.15, 0.2) is 0 Å². The molecular formula is C9H15N5O3. The van der Waals surface area contributed by atoms with E-state index in [1.54, 1.807) is 20.8 Å². The van der Waals surface area contributed by atoms with Gasteiger partial charge in [0, 0.05) is 0 Å². The third kappa shape index (κ3) is 2.59. The van der Waals surface area contributed by atoms with Crippen LogP contribution in [0, 0.1) is 29.9 Å². The molecule has 0 aliphatic rings. The number of aryl methyl sites for hydroxylation is 1. The molecule has 0 spiro atoms. The minimum Gasteiger partial charge on any atom is -0.294 e. The molecule has 94 valence electrons. The first-order chi connectivity index (χ1) is 7.88. The number of nitrogens with two attached hydrogens (primary N) is 1. The molecule has 17 heavy (non-hydrogen) atoms. The molecule has 3 N–H and O–H groups in total. The van der Waals surface area contributed by atoms with Crippen molar-refractivity contribution in [3.63, 3.8) is 0 Å². The zero-order valence-corrected chi connectivity index (χ0v) is 9.93. The van der Waals surface area contributed by atoms with Crippen molar-refractivity contribution in [1.82, 2.24) is 15.2 Å². The first kappa shape index (κ1) is 13.1. The quantitative estimate of drug-likeness (QED) is 0.334. The number of nitrogens with one attached hydrogen (secondary N) is 1. The van der Waals surface area contributed by atoms with Crippen LogP contribution in [-0.4, -0.2) is 20.6 Å². The van der Waals surface area contributed by atoms with Gasteiger partial charge in [-0.3, -0.25) is 25.0 Å². The summed E-state index contributed by atoms with van der Waals surface area (Å²) in [5, 5.41) is 14.8. The van der Waals surface area contributed by atoms with Crippen molar-refractivity contribution < 1.29 is 9.72 Å². The molecule has 1 heterocycles. The predicted octanol–water partition coefficient (Wildman–Crippen LogP) is 0.0341. The largest absolute Gasteiger partial charge is 0.312 e. The van der Waals surface area contributed by atoms with Gasteiger partial charge in [-0.2, -0.15) is 5.10 Å². The molecule has 1 rings (SSSR count). The summed E-state index contributed by atoms with van der Waals surface area (Å²) in [4.78, 5) is 21.6. The molecular weight excluding hydrogens is 226 g/mol. The molecule has 1 amide bonds. The molecule has 1 aromatic heterocycles. The van der Waals surface area contributed by atoms with E-state index in [1.165, 1.54) is 4.68 Å². The van der Waals surface area contributed by atoms with Crippen molar-refractivity contribution in [2.45, 2.75) is 27.3 Å². The van der Waals surface area contributed by atoms with Crippen molar-refractivity contribution in [2.75, 3.05) is 0 Å². The first-order valence-electron chi connectivity index (χ1n) is 5.07. The second-order valence-electron chi connectivity index (χ2n) is 3.87. The number of nitrogens with zero attached hydrogens (tertiary/aromatic N) is 3. The van der Waals surface area contributed by atoms with E-state index in [0.717, 1.165) is 0 Å². The molecule has 0 saturated carbocycles. The summed E-state index contributed by atoms with van der Waals surface area (Å²) in [6.45, 7) is 5.09. The van der Waals surface area contributed by atoms with Crippen LogP contribution in [0.5, 0.6) is 0 Å². The van der Waals surface area contributed by atoms with Crippen molar-refractivity contribution >= 4 is 11.6 Å². The number of aromatic nitrogens is 2. The van der Waals surface area contributed by atoms with Gasteiger partial charge in [0.2, 0.25) is 5.91 Å². The highest BCUT2D eigenvalue weighted by atomic mass is 16.6. The number of rotatable bonds is 4. The molecule has 1 unspecified atom stereocenters. The Bertz CT molecular complexity index is 454. The van der Waals surface area contributed by atoms with Crippen LogP contribution in [0.2, 0.25) is 0 Å². The third-order valence-electron chi connectivity index (χ3n) is 2.56. The van der Waals surface area contributed by atoms with Gasteiger partial charge in [0.25, 0.3) is 0 Å². The summed E-state index contributed by atoms with van der Waals surface area (Å²) in [5.74, 6) is 4.27. The minimum absolute atomic E-state index is 0.00893. The van der Waals surface area contributed by atoms with Crippen LogP contribution >= 0.6 is 0 Å². The number of hydrogen-bond acceptors (Lipinski definition) is 5. The van der Waals surface area contributed by atoms with Gasteiger partial charge in [-0.25, -0.2) is 5.84 Å². The molecule has 0 fully saturated rings. The van der Waals surface area contributed by atoms with Gasteiger partial charge in [-0.15, -0.1) is 0 Å². The van der Waals surface area contributed by atoms with Gasteiger partial charge in [-0.05, 0) is 13.8 Å². The normalized spacial score (nSPS) is 12.2. The predicted molar refractivity (Wildman–Crippen MR) is 59.8 cm³/mol. The maximum atomic E-state index is 11.2. The van der Waals surface area contributed by atoms with Crippen LogP contribution in [-0.2, 0) is 11.3 Å². The van der Waals surface area contributed by atoms with Gasteiger partial charge < -0.3 is 0 Å². The smallest absolute Gasteiger partial charge is 0.294 e. The highest BCUT2D eigenvalue weighted by Gasteiger charge is 2.23. The lowest BCUT2D eigenvalue weighted by atomic mass is 10.1. The summed E-state index contributed by atoms with van der Waals surface area (Å²) < 4.78 is 1.45. The van der Waals surface area contributed by atoms with Crippen molar-refractivity contribution in [1.29, 1.82) is 0 Å². The fraction of sp³-hybridized carbons (Fsp3) is 0.556. The number of carbonyl (C=O) groups is 1. The summed E-state index contributed by atoms with van der Waals surface area (Å²) in [7, 11) is 0.